The van der Waals surface area contributed by atoms with Gasteiger partial charge < -0.3 is 0 Å². The molecule has 2 aromatic carbocycles. The predicted molar refractivity (Wildman–Crippen MR) is 105 cm³/mol. The topological polar surface area (TPSA) is 60.7 Å². The molecule has 0 saturated heterocycles. The zero-order valence-corrected chi connectivity index (χ0v) is 15.2. The molecule has 0 fully saturated rings. The number of aryl methyl sites for hydroxylation is 2. The van der Waals surface area contributed by atoms with E-state index < -0.39 is 0 Å². The van der Waals surface area contributed by atoms with E-state index in [1.165, 1.54) is 5.56 Å². The summed E-state index contributed by atoms with van der Waals surface area (Å²) in [4.78, 5) is 12.3. The van der Waals surface area contributed by atoms with Crippen LogP contribution in [0.1, 0.15) is 17.7 Å². The normalized spacial score (nSPS) is 11.0. The van der Waals surface area contributed by atoms with E-state index in [0.29, 0.717) is 18.5 Å². The Hall–Kier alpha value is -3.34. The quantitative estimate of drug-likeness (QED) is 0.527. The van der Waals surface area contributed by atoms with E-state index >= 15 is 0 Å². The number of nitrogens with zero attached hydrogens (tertiary/aromatic N) is 4. The average molecular weight is 356 g/mol. The van der Waals surface area contributed by atoms with Crippen molar-refractivity contribution in [3.8, 4) is 11.1 Å². The zero-order chi connectivity index (χ0) is 18.6. The Kier molecular flexibility index (Phi) is 4.75. The molecule has 2 heterocycles. The molecule has 0 atom stereocenters. The fraction of sp³-hybridized carbons (Fsp3) is 0.182. The Morgan fingerprint density at radius 2 is 1.85 bits per heavy atom. The summed E-state index contributed by atoms with van der Waals surface area (Å²) in [7, 11) is 1.90. The highest BCUT2D eigenvalue weighted by Gasteiger charge is 2.09. The van der Waals surface area contributed by atoms with Crippen molar-refractivity contribution in [3.05, 3.63) is 78.2 Å². The first-order valence-corrected chi connectivity index (χ1v) is 8.98. The molecule has 0 saturated carbocycles. The molecule has 0 radical (unpaired) electrons. The molecular weight excluding hydrogens is 336 g/mol. The number of carbonyl (C=O) groups is 1. The van der Waals surface area contributed by atoms with Gasteiger partial charge in [-0.25, -0.2) is 0 Å². The number of hydrogen-bond donors (Lipinski definition) is 0. The van der Waals surface area contributed by atoms with Crippen molar-refractivity contribution in [1.82, 2.24) is 20.0 Å². The van der Waals surface area contributed by atoms with E-state index in [-0.39, 0.29) is 5.78 Å². The first kappa shape index (κ1) is 17.1. The Labute approximate surface area is 157 Å². The molecule has 27 heavy (non-hydrogen) atoms. The van der Waals surface area contributed by atoms with Gasteiger partial charge in [-0.1, -0.05) is 36.4 Å². The number of aromatic nitrogens is 4. The lowest BCUT2D eigenvalue weighted by molar-refractivity contribution is -0.118. The molecule has 4 aromatic rings. The molecule has 0 aliphatic rings. The first-order valence-electron chi connectivity index (χ1n) is 8.98. The van der Waals surface area contributed by atoms with Crippen LogP contribution in [0.2, 0.25) is 0 Å². The summed E-state index contributed by atoms with van der Waals surface area (Å²) in [6.07, 6.45) is 5.39. The Morgan fingerprint density at radius 1 is 1.00 bits per heavy atom. The van der Waals surface area contributed by atoms with Crippen molar-refractivity contribution in [2.24, 2.45) is 7.05 Å². The lowest BCUT2D eigenvalue weighted by Gasteiger charge is -2.04. The van der Waals surface area contributed by atoms with Crippen LogP contribution >= 0.6 is 0 Å². The highest BCUT2D eigenvalue weighted by Crippen LogP contribution is 2.23. The summed E-state index contributed by atoms with van der Waals surface area (Å²) >= 11 is 0. The van der Waals surface area contributed by atoms with E-state index in [1.807, 2.05) is 68.0 Å². The second-order valence-electron chi connectivity index (χ2n) is 6.71. The van der Waals surface area contributed by atoms with Gasteiger partial charge in [-0.05, 0) is 35.7 Å². The van der Waals surface area contributed by atoms with Gasteiger partial charge in [-0.15, -0.1) is 0 Å². The lowest BCUT2D eigenvalue weighted by atomic mass is 10.0. The molecule has 0 N–H and O–H groups in total. The van der Waals surface area contributed by atoms with Gasteiger partial charge in [-0.2, -0.15) is 15.3 Å². The van der Waals surface area contributed by atoms with Crippen molar-refractivity contribution < 1.29 is 4.79 Å². The van der Waals surface area contributed by atoms with Gasteiger partial charge in [0.1, 0.15) is 5.78 Å². The monoisotopic (exact) mass is 356 g/mol. The van der Waals surface area contributed by atoms with E-state index in [9.17, 15) is 4.79 Å². The molecule has 4 rings (SSSR count). The highest BCUT2D eigenvalue weighted by molar-refractivity contribution is 5.86. The molecule has 0 unspecified atom stereocenters. The van der Waals surface area contributed by atoms with Crippen molar-refractivity contribution in [1.29, 1.82) is 0 Å². The van der Waals surface area contributed by atoms with Gasteiger partial charge in [-0.3, -0.25) is 9.48 Å². The van der Waals surface area contributed by atoms with E-state index in [0.717, 1.165) is 28.5 Å². The smallest absolute Gasteiger partial charge is 0.139 e. The maximum atomic E-state index is 12.3. The number of ketones is 1. The fourth-order valence-corrected chi connectivity index (χ4v) is 3.14. The van der Waals surface area contributed by atoms with E-state index in [1.54, 1.807) is 4.68 Å². The first-order chi connectivity index (χ1) is 13.2. The van der Waals surface area contributed by atoms with Gasteiger partial charge in [0.15, 0.2) is 0 Å². The third kappa shape index (κ3) is 4.08. The average Bonchev–Trinajstić information content (AvgIpc) is 3.13. The Bertz CT molecular complexity index is 1090. The summed E-state index contributed by atoms with van der Waals surface area (Å²) in [6.45, 7) is 0. The van der Waals surface area contributed by atoms with Gasteiger partial charge in [0.05, 0.1) is 23.8 Å². The predicted octanol–water partition coefficient (Wildman–Crippen LogP) is 3.77. The molecule has 5 heteroatoms. The van der Waals surface area contributed by atoms with Crippen LogP contribution in [0, 0.1) is 0 Å². The van der Waals surface area contributed by atoms with E-state index in [4.69, 9.17) is 0 Å². The number of Topliss-reactive ketones (excluding diaryl/α,β-unsaturated/α-hetero) is 1. The van der Waals surface area contributed by atoms with Crippen LogP contribution in [0.3, 0.4) is 0 Å². The van der Waals surface area contributed by atoms with Gasteiger partial charge in [0.2, 0.25) is 0 Å². The minimum Gasteiger partial charge on any atom is -0.299 e. The van der Waals surface area contributed by atoms with Gasteiger partial charge >= 0.3 is 0 Å². The maximum Gasteiger partial charge on any atom is 0.139 e. The third-order valence-corrected chi connectivity index (χ3v) is 4.59. The van der Waals surface area contributed by atoms with E-state index in [2.05, 4.69) is 21.4 Å². The van der Waals surface area contributed by atoms with Crippen LogP contribution in [0.15, 0.2) is 67.0 Å². The fourth-order valence-electron chi connectivity index (χ4n) is 3.14. The summed E-state index contributed by atoms with van der Waals surface area (Å²) in [5, 5.41) is 13.7. The standard InChI is InChI=1S/C22H20N4O/c1-26-15-19(14-23-26)17-8-10-22-18(11-17)12-20(24-25-22)13-21(27)9-7-16-5-3-2-4-6-16/h2-6,8,10-12,14-15H,7,9,13H2,1H3. The molecule has 5 nitrogen and oxygen atoms in total. The molecule has 2 aromatic heterocycles. The largest absolute Gasteiger partial charge is 0.299 e. The van der Waals surface area contributed by atoms with Crippen LogP contribution in [-0.4, -0.2) is 25.8 Å². The maximum absolute atomic E-state index is 12.3. The lowest BCUT2D eigenvalue weighted by Crippen LogP contribution is -2.06. The van der Waals surface area contributed by atoms with Crippen molar-refractivity contribution in [2.75, 3.05) is 0 Å². The molecule has 0 amide bonds. The molecule has 0 spiro atoms. The number of rotatable bonds is 6. The molecular formula is C22H20N4O. The van der Waals surface area contributed by atoms with Crippen LogP contribution in [-0.2, 0) is 24.7 Å². The van der Waals surface area contributed by atoms with Gasteiger partial charge in [0, 0.05) is 30.6 Å². The third-order valence-electron chi connectivity index (χ3n) is 4.59. The SMILES string of the molecule is Cn1cc(-c2ccc3nnc(CC(=O)CCc4ccccc4)cc3c2)cn1. The molecule has 0 aliphatic heterocycles. The second kappa shape index (κ2) is 7.50. The number of benzene rings is 2. The Balaban J connectivity index is 1.49. The summed E-state index contributed by atoms with van der Waals surface area (Å²) in [5.74, 6) is 0.177. The van der Waals surface area contributed by atoms with Crippen molar-refractivity contribution >= 4 is 16.7 Å². The minimum absolute atomic E-state index is 0.177. The Morgan fingerprint density at radius 3 is 2.63 bits per heavy atom. The number of fused-ring (bicyclic) bond motifs is 1. The number of hydrogen-bond acceptors (Lipinski definition) is 4. The summed E-state index contributed by atoms with van der Waals surface area (Å²) in [6, 6.07) is 18.1. The van der Waals surface area contributed by atoms with Crippen LogP contribution in [0.25, 0.3) is 22.0 Å². The summed E-state index contributed by atoms with van der Waals surface area (Å²) in [5.41, 5.74) is 4.84. The van der Waals surface area contributed by atoms with Crippen LogP contribution in [0.5, 0.6) is 0 Å². The van der Waals surface area contributed by atoms with Gasteiger partial charge in [0.25, 0.3) is 0 Å². The molecule has 134 valence electrons. The molecule has 0 aliphatic carbocycles. The zero-order valence-electron chi connectivity index (χ0n) is 15.2. The molecule has 0 bridgehead atoms. The van der Waals surface area contributed by atoms with Crippen molar-refractivity contribution in [3.63, 3.8) is 0 Å². The second-order valence-corrected chi connectivity index (χ2v) is 6.71. The van der Waals surface area contributed by atoms with Crippen LogP contribution in [0.4, 0.5) is 0 Å². The van der Waals surface area contributed by atoms with Crippen LogP contribution < -0.4 is 0 Å². The number of carbonyl (C=O) groups excluding carboxylic acids is 1. The summed E-state index contributed by atoms with van der Waals surface area (Å²) < 4.78 is 1.78. The minimum atomic E-state index is 0.177. The van der Waals surface area contributed by atoms with Crippen molar-refractivity contribution in [2.45, 2.75) is 19.3 Å². The highest BCUT2D eigenvalue weighted by atomic mass is 16.1.